The summed E-state index contributed by atoms with van der Waals surface area (Å²) in [6.45, 7) is 1.98. The lowest BCUT2D eigenvalue weighted by Gasteiger charge is -2.10. The third-order valence-corrected chi connectivity index (χ3v) is 2.30. The molecule has 1 amide bonds. The number of rotatable bonds is 6. The highest BCUT2D eigenvalue weighted by Gasteiger charge is 2.06. The van der Waals surface area contributed by atoms with Gasteiger partial charge in [0, 0.05) is 12.1 Å². The van der Waals surface area contributed by atoms with Gasteiger partial charge in [0.25, 0.3) is 5.91 Å². The maximum atomic E-state index is 11.3. The summed E-state index contributed by atoms with van der Waals surface area (Å²) >= 11 is 0. The highest BCUT2D eigenvalue weighted by Crippen LogP contribution is 2.19. The number of carbonyl (C=O) groups is 1. The quantitative estimate of drug-likeness (QED) is 0.733. The van der Waals surface area contributed by atoms with Crippen LogP contribution in [-0.4, -0.2) is 24.2 Å². The lowest BCUT2D eigenvalue weighted by molar-refractivity contribution is -0.123. The van der Waals surface area contributed by atoms with Crippen molar-refractivity contribution in [2.24, 2.45) is 0 Å². The first-order valence-corrected chi connectivity index (χ1v) is 5.64. The van der Waals surface area contributed by atoms with Gasteiger partial charge in [-0.3, -0.25) is 4.79 Å². The fraction of sp³-hybridized carbons (Fsp3) is 0.385. The Morgan fingerprint density at radius 3 is 3.00 bits per heavy atom. The van der Waals surface area contributed by atoms with Gasteiger partial charge in [0.2, 0.25) is 0 Å². The number of hydrogen-bond acceptors (Lipinski definition) is 4. The van der Waals surface area contributed by atoms with Gasteiger partial charge in [0.1, 0.15) is 5.75 Å². The molecule has 0 saturated heterocycles. The van der Waals surface area contributed by atoms with Gasteiger partial charge < -0.3 is 15.2 Å². The predicted molar refractivity (Wildman–Crippen MR) is 65.8 cm³/mol. The van der Waals surface area contributed by atoms with Crippen molar-refractivity contribution >= 4 is 5.91 Å². The van der Waals surface area contributed by atoms with E-state index < -0.39 is 0 Å². The number of nitriles is 1. The summed E-state index contributed by atoms with van der Waals surface area (Å²) in [4.78, 5) is 11.3. The highest BCUT2D eigenvalue weighted by molar-refractivity contribution is 5.77. The Labute approximate surface area is 106 Å². The van der Waals surface area contributed by atoms with E-state index in [1.807, 2.05) is 25.1 Å². The number of aryl methyl sites for hydroxylation is 1. The van der Waals surface area contributed by atoms with E-state index in [4.69, 9.17) is 15.1 Å². The maximum Gasteiger partial charge on any atom is 0.257 e. The highest BCUT2D eigenvalue weighted by atomic mass is 16.5. The van der Waals surface area contributed by atoms with Gasteiger partial charge in [-0.05, 0) is 13.0 Å². The summed E-state index contributed by atoms with van der Waals surface area (Å²) < 4.78 is 5.32. The van der Waals surface area contributed by atoms with Gasteiger partial charge in [0.15, 0.2) is 6.61 Å². The predicted octanol–water partition coefficient (Wildman–Crippen LogP) is 0.896. The van der Waals surface area contributed by atoms with Crippen molar-refractivity contribution in [2.75, 3.05) is 13.2 Å². The molecule has 0 aliphatic carbocycles. The second-order valence-corrected chi connectivity index (χ2v) is 3.82. The van der Waals surface area contributed by atoms with Gasteiger partial charge in [0.05, 0.1) is 19.1 Å². The molecule has 1 aromatic rings. The summed E-state index contributed by atoms with van der Waals surface area (Å²) in [6, 6.07) is 7.32. The minimum Gasteiger partial charge on any atom is -0.483 e. The summed E-state index contributed by atoms with van der Waals surface area (Å²) in [7, 11) is 0. The smallest absolute Gasteiger partial charge is 0.257 e. The lowest BCUT2D eigenvalue weighted by Crippen LogP contribution is -2.29. The number of hydrogen-bond donors (Lipinski definition) is 2. The molecule has 0 aliphatic heterocycles. The monoisotopic (exact) mass is 248 g/mol. The standard InChI is InChI=1S/C13H16N2O3/c1-10-3-4-12(11(7-10)8-16)18-9-13(17)15-6-2-5-14/h3-4,7,16H,2,6,8-9H2,1H3,(H,15,17). The Balaban J connectivity index is 2.48. The van der Waals surface area contributed by atoms with E-state index in [9.17, 15) is 4.79 Å². The zero-order chi connectivity index (χ0) is 13.4. The molecule has 0 atom stereocenters. The topological polar surface area (TPSA) is 82.3 Å². The van der Waals surface area contributed by atoms with Crippen LogP contribution in [0.15, 0.2) is 18.2 Å². The van der Waals surface area contributed by atoms with Crippen LogP contribution in [0.3, 0.4) is 0 Å². The number of carbonyl (C=O) groups excluding carboxylic acids is 1. The molecule has 0 aromatic heterocycles. The Morgan fingerprint density at radius 1 is 1.56 bits per heavy atom. The van der Waals surface area contributed by atoms with Crippen molar-refractivity contribution in [3.05, 3.63) is 29.3 Å². The second kappa shape index (κ2) is 7.30. The number of aliphatic hydroxyl groups excluding tert-OH is 1. The molecule has 5 nitrogen and oxygen atoms in total. The fourth-order valence-corrected chi connectivity index (χ4v) is 1.42. The maximum absolute atomic E-state index is 11.3. The Bertz CT molecular complexity index is 452. The van der Waals surface area contributed by atoms with E-state index in [0.717, 1.165) is 5.56 Å². The average Bonchev–Trinajstić information content (AvgIpc) is 2.37. The zero-order valence-corrected chi connectivity index (χ0v) is 10.3. The van der Waals surface area contributed by atoms with Gasteiger partial charge >= 0.3 is 0 Å². The lowest BCUT2D eigenvalue weighted by atomic mass is 10.1. The summed E-state index contributed by atoms with van der Waals surface area (Å²) in [5.41, 5.74) is 1.67. The average molecular weight is 248 g/mol. The first kappa shape index (κ1) is 14.0. The number of amides is 1. The van der Waals surface area contributed by atoms with Crippen LogP contribution >= 0.6 is 0 Å². The number of aliphatic hydroxyl groups is 1. The molecular formula is C13H16N2O3. The van der Waals surface area contributed by atoms with Crippen molar-refractivity contribution < 1.29 is 14.6 Å². The van der Waals surface area contributed by atoms with Crippen molar-refractivity contribution in [3.63, 3.8) is 0 Å². The number of nitrogens with one attached hydrogen (secondary N) is 1. The summed E-state index contributed by atoms with van der Waals surface area (Å²) in [5.74, 6) is 0.216. The van der Waals surface area contributed by atoms with Crippen LogP contribution in [0, 0.1) is 18.3 Å². The Hall–Kier alpha value is -2.06. The normalized spacial score (nSPS) is 9.61. The Morgan fingerprint density at radius 2 is 2.33 bits per heavy atom. The minimum atomic E-state index is -0.283. The van der Waals surface area contributed by atoms with E-state index in [0.29, 0.717) is 17.9 Å². The van der Waals surface area contributed by atoms with Crippen molar-refractivity contribution in [2.45, 2.75) is 20.0 Å². The van der Waals surface area contributed by atoms with Crippen molar-refractivity contribution in [3.8, 4) is 11.8 Å². The van der Waals surface area contributed by atoms with Gasteiger partial charge in [-0.2, -0.15) is 5.26 Å². The molecule has 0 saturated carbocycles. The molecule has 0 fully saturated rings. The van der Waals surface area contributed by atoms with Crippen LogP contribution in [-0.2, 0) is 11.4 Å². The van der Waals surface area contributed by atoms with Crippen LogP contribution in [0.2, 0.25) is 0 Å². The van der Waals surface area contributed by atoms with E-state index in [2.05, 4.69) is 5.32 Å². The Kier molecular flexibility index (Phi) is 5.68. The summed E-state index contributed by atoms with van der Waals surface area (Å²) in [6.07, 6.45) is 0.276. The summed E-state index contributed by atoms with van der Waals surface area (Å²) in [5, 5.41) is 20.0. The fourth-order valence-electron chi connectivity index (χ4n) is 1.42. The molecule has 0 radical (unpaired) electrons. The molecule has 0 unspecified atom stereocenters. The molecule has 1 rings (SSSR count). The largest absolute Gasteiger partial charge is 0.483 e. The molecule has 1 aromatic carbocycles. The number of ether oxygens (including phenoxy) is 1. The third-order valence-electron chi connectivity index (χ3n) is 2.30. The van der Waals surface area contributed by atoms with E-state index in [1.165, 1.54) is 0 Å². The SMILES string of the molecule is Cc1ccc(OCC(=O)NCCC#N)c(CO)c1. The molecular weight excluding hydrogens is 232 g/mol. The molecule has 18 heavy (non-hydrogen) atoms. The van der Waals surface area contributed by atoms with Crippen LogP contribution in [0.5, 0.6) is 5.75 Å². The van der Waals surface area contributed by atoms with Crippen LogP contribution in [0.25, 0.3) is 0 Å². The molecule has 96 valence electrons. The first-order valence-electron chi connectivity index (χ1n) is 5.64. The van der Waals surface area contributed by atoms with Crippen LogP contribution in [0.4, 0.5) is 0 Å². The number of benzene rings is 1. The molecule has 0 aliphatic rings. The third kappa shape index (κ3) is 4.44. The minimum absolute atomic E-state index is 0.124. The first-order chi connectivity index (χ1) is 8.67. The van der Waals surface area contributed by atoms with Gasteiger partial charge in [-0.15, -0.1) is 0 Å². The van der Waals surface area contributed by atoms with Gasteiger partial charge in [-0.1, -0.05) is 17.7 Å². The molecule has 2 N–H and O–H groups in total. The van der Waals surface area contributed by atoms with Crippen LogP contribution < -0.4 is 10.1 Å². The van der Waals surface area contributed by atoms with Crippen LogP contribution in [0.1, 0.15) is 17.5 Å². The second-order valence-electron chi connectivity index (χ2n) is 3.82. The van der Waals surface area contributed by atoms with E-state index in [1.54, 1.807) is 6.07 Å². The molecule has 0 bridgehead atoms. The number of nitrogens with zero attached hydrogens (tertiary/aromatic N) is 1. The molecule has 0 heterocycles. The van der Waals surface area contributed by atoms with Crippen molar-refractivity contribution in [1.82, 2.24) is 5.32 Å². The zero-order valence-electron chi connectivity index (χ0n) is 10.3. The van der Waals surface area contributed by atoms with Gasteiger partial charge in [-0.25, -0.2) is 0 Å². The van der Waals surface area contributed by atoms with E-state index in [-0.39, 0.29) is 25.5 Å². The molecule has 0 spiro atoms. The van der Waals surface area contributed by atoms with E-state index >= 15 is 0 Å². The van der Waals surface area contributed by atoms with Crippen molar-refractivity contribution in [1.29, 1.82) is 5.26 Å². The molecule has 5 heteroatoms.